The Kier molecular flexibility index (Phi) is 5.64. The Morgan fingerprint density at radius 3 is 1.50 bits per heavy atom. The lowest BCUT2D eigenvalue weighted by molar-refractivity contribution is 1.02. The third-order valence-electron chi connectivity index (χ3n) is 5.17. The summed E-state index contributed by atoms with van der Waals surface area (Å²) < 4.78 is 4.40. The van der Waals surface area contributed by atoms with Gasteiger partial charge in [0.15, 0.2) is 0 Å². The molecule has 5 nitrogen and oxygen atoms in total. The molecule has 0 aromatic carbocycles. The Morgan fingerprint density at radius 2 is 1.15 bits per heavy atom. The molecule has 0 spiro atoms. The van der Waals surface area contributed by atoms with E-state index in [9.17, 15) is 10.5 Å². The molecule has 0 aliphatic carbocycles. The zero-order chi connectivity index (χ0) is 23.8. The Morgan fingerprint density at radius 1 is 0.706 bits per heavy atom. The summed E-state index contributed by atoms with van der Waals surface area (Å²) >= 11 is 5.87. The molecular formula is C25H11N5S4. The molecule has 0 radical (unpaired) electrons. The minimum Gasteiger partial charge on any atom is -0.342 e. The van der Waals surface area contributed by atoms with Gasteiger partial charge in [-0.3, -0.25) is 0 Å². The Labute approximate surface area is 210 Å². The van der Waals surface area contributed by atoms with E-state index in [4.69, 9.17) is 10.5 Å². The van der Waals surface area contributed by atoms with E-state index in [1.807, 2.05) is 31.3 Å². The summed E-state index contributed by atoms with van der Waals surface area (Å²) in [7, 11) is 2.01. The fourth-order valence-electron chi connectivity index (χ4n) is 3.58. The van der Waals surface area contributed by atoms with Gasteiger partial charge in [-0.1, -0.05) is 0 Å². The van der Waals surface area contributed by atoms with Gasteiger partial charge in [0.05, 0.1) is 31.6 Å². The highest BCUT2D eigenvalue weighted by atomic mass is 32.1. The van der Waals surface area contributed by atoms with E-state index < -0.39 is 0 Å². The number of aromatic nitrogens is 1. The van der Waals surface area contributed by atoms with E-state index in [-0.39, 0.29) is 0 Å². The van der Waals surface area contributed by atoms with Gasteiger partial charge < -0.3 is 4.57 Å². The number of nitriles is 4. The molecule has 0 saturated heterocycles. The van der Waals surface area contributed by atoms with Crippen LogP contribution < -0.4 is 0 Å². The van der Waals surface area contributed by atoms with Gasteiger partial charge in [0.2, 0.25) is 0 Å². The molecule has 5 rings (SSSR count). The lowest BCUT2D eigenvalue weighted by atomic mass is 10.2. The van der Waals surface area contributed by atoms with Crippen LogP contribution in [0.4, 0.5) is 0 Å². The van der Waals surface area contributed by atoms with Crippen molar-refractivity contribution in [1.29, 1.82) is 21.0 Å². The number of aryl methyl sites for hydroxylation is 1. The van der Waals surface area contributed by atoms with Crippen LogP contribution in [0.1, 0.15) is 29.3 Å². The van der Waals surface area contributed by atoms with Crippen molar-refractivity contribution in [3.05, 3.63) is 65.7 Å². The van der Waals surface area contributed by atoms with E-state index in [2.05, 4.69) is 41.0 Å². The third-order valence-corrected chi connectivity index (χ3v) is 9.52. The van der Waals surface area contributed by atoms with E-state index in [0.717, 1.165) is 39.9 Å². The maximum Gasteiger partial charge on any atom is 0.110 e. The monoisotopic (exact) mass is 509 g/mol. The van der Waals surface area contributed by atoms with Crippen molar-refractivity contribution in [2.75, 3.05) is 0 Å². The molecule has 5 aromatic rings. The zero-order valence-corrected chi connectivity index (χ0v) is 20.8. The number of allylic oxidation sites excluding steroid dienone is 2. The predicted octanol–water partition coefficient (Wildman–Crippen LogP) is 7.45. The highest BCUT2D eigenvalue weighted by Crippen LogP contribution is 2.41. The minimum absolute atomic E-state index is 0.537. The Hall–Kier alpha value is -3.96. The van der Waals surface area contributed by atoms with Crippen LogP contribution in [0.2, 0.25) is 0 Å². The SMILES string of the molecule is Cn1c2cc(/C=C(\C#N)c3ccc(C#N)s3)sc2c2sc(/C=C(\C#N)c3ccc(C#N)s3)cc21. The molecule has 0 N–H and O–H groups in total. The van der Waals surface area contributed by atoms with Gasteiger partial charge in [-0.25, -0.2) is 0 Å². The van der Waals surface area contributed by atoms with Crippen molar-refractivity contribution in [3.8, 4) is 24.3 Å². The number of rotatable bonds is 4. The fraction of sp³-hybridized carbons (Fsp3) is 0.0400. The van der Waals surface area contributed by atoms with Crippen LogP contribution in [0.3, 0.4) is 0 Å². The fourth-order valence-corrected chi connectivity index (χ4v) is 7.53. The molecule has 0 unspecified atom stereocenters. The van der Waals surface area contributed by atoms with Crippen LogP contribution in [0, 0.1) is 45.3 Å². The second-order valence-corrected chi connectivity index (χ2v) is 11.5. The summed E-state index contributed by atoms with van der Waals surface area (Å²) in [5.74, 6) is 0. The van der Waals surface area contributed by atoms with Crippen LogP contribution in [0.15, 0.2) is 36.4 Å². The summed E-state index contributed by atoms with van der Waals surface area (Å²) in [5.41, 5.74) is 3.25. The van der Waals surface area contributed by atoms with Crippen molar-refractivity contribution in [3.63, 3.8) is 0 Å². The molecule has 9 heteroatoms. The predicted molar refractivity (Wildman–Crippen MR) is 141 cm³/mol. The normalized spacial score (nSPS) is 11.9. The number of thiophene rings is 4. The second-order valence-electron chi connectivity index (χ2n) is 7.18. The average Bonchev–Trinajstić information content (AvgIpc) is 3.66. The molecule has 5 aromatic heterocycles. The molecule has 0 fully saturated rings. The van der Waals surface area contributed by atoms with E-state index in [1.165, 1.54) is 22.7 Å². The standard InChI is InChI=1S/C25H11N5S4/c1-30-20-8-18(6-14(10-26)22-4-2-16(12-28)31-22)33-24(20)25-21(30)9-19(34-25)7-15(11-27)23-5-3-17(13-29)32-23/h2-9H,1H3/b14-6+,15-7+. The summed E-state index contributed by atoms with van der Waals surface area (Å²) in [6.45, 7) is 0. The molecule has 0 saturated carbocycles. The van der Waals surface area contributed by atoms with Crippen LogP contribution in [0.25, 0.3) is 43.7 Å². The molecule has 5 heterocycles. The highest BCUT2D eigenvalue weighted by molar-refractivity contribution is 7.28. The van der Waals surface area contributed by atoms with E-state index in [0.29, 0.717) is 20.9 Å². The zero-order valence-electron chi connectivity index (χ0n) is 17.5. The maximum absolute atomic E-state index is 9.65. The Balaban J connectivity index is 1.56. The van der Waals surface area contributed by atoms with Crippen LogP contribution in [-0.4, -0.2) is 4.57 Å². The van der Waals surface area contributed by atoms with Crippen molar-refractivity contribution in [2.24, 2.45) is 7.05 Å². The van der Waals surface area contributed by atoms with Gasteiger partial charge >= 0.3 is 0 Å². The maximum atomic E-state index is 9.65. The second kappa shape index (κ2) is 8.76. The van der Waals surface area contributed by atoms with Crippen molar-refractivity contribution >= 4 is 89.1 Å². The summed E-state index contributed by atoms with van der Waals surface area (Å²) in [6.07, 6.45) is 3.74. The van der Waals surface area contributed by atoms with Gasteiger partial charge in [0.1, 0.15) is 34.0 Å². The first kappa shape index (κ1) is 21.9. The quantitative estimate of drug-likeness (QED) is 0.235. The lowest BCUT2D eigenvalue weighted by Crippen LogP contribution is -1.84. The summed E-state index contributed by atoms with van der Waals surface area (Å²) in [5, 5.41) is 37.4. The van der Waals surface area contributed by atoms with Crippen LogP contribution in [0.5, 0.6) is 0 Å². The minimum atomic E-state index is 0.537. The van der Waals surface area contributed by atoms with Gasteiger partial charge in [-0.05, 0) is 48.6 Å². The largest absolute Gasteiger partial charge is 0.342 e. The van der Waals surface area contributed by atoms with Crippen molar-refractivity contribution in [1.82, 2.24) is 4.57 Å². The molecule has 0 amide bonds. The number of nitrogens with zero attached hydrogens (tertiary/aromatic N) is 5. The topological polar surface area (TPSA) is 100 Å². The highest BCUT2D eigenvalue weighted by Gasteiger charge is 2.16. The van der Waals surface area contributed by atoms with Crippen LogP contribution >= 0.6 is 45.3 Å². The molecule has 34 heavy (non-hydrogen) atoms. The third kappa shape index (κ3) is 3.74. The Bertz CT molecular complexity index is 1690. The smallest absolute Gasteiger partial charge is 0.110 e. The van der Waals surface area contributed by atoms with E-state index >= 15 is 0 Å². The van der Waals surface area contributed by atoms with Gasteiger partial charge in [-0.2, -0.15) is 21.0 Å². The van der Waals surface area contributed by atoms with Gasteiger partial charge in [0, 0.05) is 26.6 Å². The molecule has 160 valence electrons. The first-order valence-electron chi connectivity index (χ1n) is 9.80. The first-order chi connectivity index (χ1) is 16.5. The van der Waals surface area contributed by atoms with Gasteiger partial charge in [-0.15, -0.1) is 45.3 Å². The summed E-state index contributed by atoms with van der Waals surface area (Å²) in [4.78, 5) is 4.66. The molecule has 0 aliphatic heterocycles. The summed E-state index contributed by atoms with van der Waals surface area (Å²) in [6, 6.07) is 20.0. The molecule has 0 bridgehead atoms. The molecule has 0 atom stereocenters. The number of hydrogen-bond acceptors (Lipinski definition) is 8. The number of fused-ring (bicyclic) bond motifs is 3. The van der Waals surface area contributed by atoms with Crippen molar-refractivity contribution in [2.45, 2.75) is 0 Å². The average molecular weight is 510 g/mol. The number of hydrogen-bond donors (Lipinski definition) is 0. The molecular weight excluding hydrogens is 499 g/mol. The first-order valence-corrected chi connectivity index (χ1v) is 13.1. The van der Waals surface area contributed by atoms with E-state index in [1.54, 1.807) is 34.8 Å². The lowest BCUT2D eigenvalue weighted by Gasteiger charge is -1.94. The van der Waals surface area contributed by atoms with Crippen molar-refractivity contribution < 1.29 is 0 Å². The van der Waals surface area contributed by atoms with Gasteiger partial charge in [0.25, 0.3) is 0 Å². The molecule has 0 aliphatic rings. The van der Waals surface area contributed by atoms with Crippen LogP contribution in [-0.2, 0) is 7.05 Å².